The number of nitrogens with zero attached hydrogens (tertiary/aromatic N) is 1. The number of hydrogen-bond donors (Lipinski definition) is 0. The van der Waals surface area contributed by atoms with Crippen molar-refractivity contribution >= 4 is 22.1 Å². The lowest BCUT2D eigenvalue weighted by Crippen LogP contribution is -2.08. The molecule has 0 bridgehead atoms. The third-order valence-electron chi connectivity index (χ3n) is 2.07. The fourth-order valence-electron chi connectivity index (χ4n) is 1.44. The van der Waals surface area contributed by atoms with Crippen LogP contribution >= 0.6 is 0 Å². The maximum Gasteiger partial charge on any atom is 0.334 e. The van der Waals surface area contributed by atoms with Gasteiger partial charge in [0, 0.05) is 0 Å². The minimum atomic E-state index is -4.03. The maximum atomic E-state index is 11.4. The lowest BCUT2D eigenvalue weighted by Gasteiger charge is -2.01. The minimum Gasteiger partial charge on any atom is -0.466 e. The Balaban J connectivity index is 3.23. The van der Waals surface area contributed by atoms with Crippen LogP contribution < -0.4 is 0 Å². The van der Waals surface area contributed by atoms with Gasteiger partial charge >= 0.3 is 5.97 Å². The number of rotatable bonds is 3. The number of ether oxygens (including phenoxy) is 1. The summed E-state index contributed by atoms with van der Waals surface area (Å²) in [5.74, 6) is -0.688. The van der Waals surface area contributed by atoms with E-state index >= 15 is 0 Å². The molecule has 0 heterocycles. The average Bonchev–Trinajstić information content (AvgIpc) is 2.65. The first kappa shape index (κ1) is 11.6. The highest BCUT2D eigenvalue weighted by Crippen LogP contribution is 2.31. The summed E-state index contributed by atoms with van der Waals surface area (Å²) in [4.78, 5) is 21.0. The average molecular weight is 231 g/mol. The summed E-state index contributed by atoms with van der Waals surface area (Å²) in [6, 6.07) is 0. The molecular weight excluding hydrogens is 222 g/mol. The van der Waals surface area contributed by atoms with Gasteiger partial charge in [-0.1, -0.05) is 4.40 Å². The lowest BCUT2D eigenvalue weighted by atomic mass is 10.2. The Labute approximate surface area is 86.7 Å². The van der Waals surface area contributed by atoms with E-state index in [4.69, 9.17) is 0 Å². The summed E-state index contributed by atoms with van der Waals surface area (Å²) in [5, 5.41) is 0. The van der Waals surface area contributed by atoms with Crippen molar-refractivity contribution in [2.24, 2.45) is 4.40 Å². The normalized spacial score (nSPS) is 16.1. The molecule has 0 unspecified atom stereocenters. The van der Waals surface area contributed by atoms with Gasteiger partial charge in [-0.25, -0.2) is 9.59 Å². The summed E-state index contributed by atoms with van der Waals surface area (Å²) >= 11 is 0. The number of hydrogen-bond acceptors (Lipinski definition) is 5. The highest BCUT2D eigenvalue weighted by Gasteiger charge is 2.30. The van der Waals surface area contributed by atoms with Crippen LogP contribution in [0.4, 0.5) is 0 Å². The monoisotopic (exact) mass is 231 g/mol. The van der Waals surface area contributed by atoms with Crippen LogP contribution in [0.5, 0.6) is 0 Å². The van der Waals surface area contributed by atoms with Crippen LogP contribution in [-0.4, -0.2) is 27.6 Å². The number of carbonyl (C=O) groups excluding carboxylic acids is 2. The predicted molar refractivity (Wildman–Crippen MR) is 49.9 cm³/mol. The molecular formula is C8H9NO5S. The van der Waals surface area contributed by atoms with E-state index in [1.807, 2.05) is 0 Å². The molecule has 0 saturated heterocycles. The highest BCUT2D eigenvalue weighted by molar-refractivity contribution is 7.94. The first-order valence-corrected chi connectivity index (χ1v) is 5.61. The van der Waals surface area contributed by atoms with E-state index in [-0.39, 0.29) is 16.9 Å². The van der Waals surface area contributed by atoms with Crippen LogP contribution in [0.1, 0.15) is 19.3 Å². The molecule has 15 heavy (non-hydrogen) atoms. The van der Waals surface area contributed by atoms with E-state index in [0.717, 1.165) is 6.08 Å². The van der Waals surface area contributed by atoms with Crippen molar-refractivity contribution in [3.63, 3.8) is 0 Å². The topological polar surface area (TPSA) is 89.9 Å². The number of methoxy groups -OCH3 is 1. The first-order valence-electron chi connectivity index (χ1n) is 4.17. The second-order valence-corrected chi connectivity index (χ2v) is 4.53. The van der Waals surface area contributed by atoms with Crippen LogP contribution in [0.3, 0.4) is 0 Å². The van der Waals surface area contributed by atoms with Crippen molar-refractivity contribution in [2.45, 2.75) is 19.3 Å². The Kier molecular flexibility index (Phi) is 3.39. The number of carbonyl (C=O) groups is 1. The fraction of sp³-hybridized carbons (Fsp3) is 0.500. The summed E-state index contributed by atoms with van der Waals surface area (Å²) in [7, 11) is -2.87. The molecule has 82 valence electrons. The smallest absolute Gasteiger partial charge is 0.334 e. The number of sulfonamides is 1. The van der Waals surface area contributed by atoms with Gasteiger partial charge in [0.2, 0.25) is 0 Å². The Bertz CT molecular complexity index is 455. The van der Waals surface area contributed by atoms with Crippen molar-refractivity contribution in [3.05, 3.63) is 10.5 Å². The SMILES string of the molecule is COC(=O)C1=C(S(=O)(=O)N=C=O)CCC1. The molecule has 0 atom stereocenters. The molecule has 0 saturated carbocycles. The van der Waals surface area contributed by atoms with Gasteiger partial charge in [0.1, 0.15) is 0 Å². The Morgan fingerprint density at radius 2 is 2.13 bits per heavy atom. The molecule has 6 nitrogen and oxygen atoms in total. The molecule has 0 N–H and O–H groups in total. The van der Waals surface area contributed by atoms with Gasteiger partial charge in [-0.2, -0.15) is 8.42 Å². The van der Waals surface area contributed by atoms with Crippen LogP contribution in [0, 0.1) is 0 Å². The number of isocyanates is 1. The van der Waals surface area contributed by atoms with Gasteiger partial charge in [0.05, 0.1) is 17.6 Å². The molecule has 1 aliphatic rings. The van der Waals surface area contributed by atoms with Crippen molar-refractivity contribution in [2.75, 3.05) is 7.11 Å². The highest BCUT2D eigenvalue weighted by atomic mass is 32.2. The first-order chi connectivity index (χ1) is 7.03. The third kappa shape index (κ3) is 2.31. The van der Waals surface area contributed by atoms with Crippen molar-refractivity contribution in [1.29, 1.82) is 0 Å². The van der Waals surface area contributed by atoms with Crippen LogP contribution in [0.25, 0.3) is 0 Å². The second-order valence-electron chi connectivity index (χ2n) is 2.90. The predicted octanol–water partition coefficient (Wildman–Crippen LogP) is 0.263. The maximum absolute atomic E-state index is 11.4. The molecule has 0 aromatic carbocycles. The molecule has 0 aromatic rings. The number of esters is 1. The van der Waals surface area contributed by atoms with Crippen molar-refractivity contribution in [1.82, 2.24) is 0 Å². The van der Waals surface area contributed by atoms with Crippen LogP contribution in [-0.2, 0) is 24.3 Å². The minimum absolute atomic E-state index is 0.0801. The Morgan fingerprint density at radius 1 is 1.47 bits per heavy atom. The molecule has 1 rings (SSSR count). The van der Waals surface area contributed by atoms with E-state index < -0.39 is 16.0 Å². The Hall–Kier alpha value is -1.46. The molecule has 0 aliphatic heterocycles. The molecule has 0 radical (unpaired) electrons. The lowest BCUT2D eigenvalue weighted by molar-refractivity contribution is -0.136. The summed E-state index contributed by atoms with van der Waals surface area (Å²) in [6.45, 7) is 0. The summed E-state index contributed by atoms with van der Waals surface area (Å²) in [6.07, 6.45) is 2.03. The van der Waals surface area contributed by atoms with Crippen molar-refractivity contribution < 1.29 is 22.7 Å². The van der Waals surface area contributed by atoms with E-state index in [1.54, 1.807) is 0 Å². The second kappa shape index (κ2) is 4.37. The zero-order valence-corrected chi connectivity index (χ0v) is 8.83. The van der Waals surface area contributed by atoms with E-state index in [9.17, 15) is 18.0 Å². The van der Waals surface area contributed by atoms with Gasteiger partial charge in [-0.3, -0.25) is 0 Å². The quantitative estimate of drug-likeness (QED) is 0.395. The van der Waals surface area contributed by atoms with Crippen LogP contribution in [0.2, 0.25) is 0 Å². The molecule has 0 amide bonds. The number of allylic oxidation sites excluding steroid dienone is 1. The molecule has 0 fully saturated rings. The largest absolute Gasteiger partial charge is 0.466 e. The van der Waals surface area contributed by atoms with Gasteiger partial charge in [-0.05, 0) is 19.3 Å². The van der Waals surface area contributed by atoms with E-state index in [2.05, 4.69) is 9.13 Å². The molecule has 1 aliphatic carbocycles. The Morgan fingerprint density at radius 3 is 2.67 bits per heavy atom. The van der Waals surface area contributed by atoms with Gasteiger partial charge in [-0.15, -0.1) is 0 Å². The standard InChI is InChI=1S/C8H9NO5S/c1-14-8(11)6-3-2-4-7(6)15(12,13)9-5-10/h2-4H2,1H3. The van der Waals surface area contributed by atoms with Crippen molar-refractivity contribution in [3.8, 4) is 0 Å². The third-order valence-corrected chi connectivity index (χ3v) is 3.46. The molecule has 0 spiro atoms. The molecule has 7 heteroatoms. The summed E-state index contributed by atoms with van der Waals surface area (Å²) < 4.78 is 29.9. The van der Waals surface area contributed by atoms with E-state index in [0.29, 0.717) is 12.8 Å². The summed E-state index contributed by atoms with van der Waals surface area (Å²) in [5.41, 5.74) is 0.0801. The van der Waals surface area contributed by atoms with E-state index in [1.165, 1.54) is 7.11 Å². The van der Waals surface area contributed by atoms with Gasteiger partial charge in [0.15, 0.2) is 0 Å². The van der Waals surface area contributed by atoms with Gasteiger partial charge in [0.25, 0.3) is 16.1 Å². The van der Waals surface area contributed by atoms with Gasteiger partial charge < -0.3 is 4.74 Å². The fourth-order valence-corrected chi connectivity index (χ4v) is 2.55. The zero-order valence-electron chi connectivity index (χ0n) is 8.02. The van der Waals surface area contributed by atoms with Crippen LogP contribution in [0.15, 0.2) is 14.9 Å². The molecule has 0 aromatic heterocycles. The zero-order chi connectivity index (χ0) is 11.5.